The molecule has 0 spiro atoms. The Morgan fingerprint density at radius 2 is 1.96 bits per heavy atom. The molecule has 0 amide bonds. The molecule has 0 N–H and O–H groups in total. The van der Waals surface area contributed by atoms with Crippen LogP contribution in [0.25, 0.3) is 0 Å². The molecule has 1 aromatic carbocycles. The Balaban J connectivity index is 1.82. The Morgan fingerprint density at radius 3 is 2.64 bits per heavy atom. The summed E-state index contributed by atoms with van der Waals surface area (Å²) in [5.74, 6) is -0.322. The summed E-state index contributed by atoms with van der Waals surface area (Å²) < 4.78 is 47.8. The lowest BCUT2D eigenvalue weighted by molar-refractivity contribution is -0.136. The lowest BCUT2D eigenvalue weighted by Crippen LogP contribution is -2.08. The predicted molar refractivity (Wildman–Crippen MR) is 81.6 cm³/mol. The van der Waals surface area contributed by atoms with Crippen LogP contribution >= 0.6 is 11.6 Å². The van der Waals surface area contributed by atoms with Crippen molar-refractivity contribution in [2.75, 3.05) is 0 Å². The van der Waals surface area contributed by atoms with Crippen LogP contribution in [0.15, 0.2) is 30.6 Å². The molecular weight excluding hydrogens is 361 g/mol. The van der Waals surface area contributed by atoms with Crippen molar-refractivity contribution in [2.45, 2.75) is 31.5 Å². The summed E-state index contributed by atoms with van der Waals surface area (Å²) in [4.78, 5) is 19.7. The Hall–Kier alpha value is -2.35. The van der Waals surface area contributed by atoms with Gasteiger partial charge in [0.15, 0.2) is 0 Å². The first-order chi connectivity index (χ1) is 11.8. The van der Waals surface area contributed by atoms with Crippen molar-refractivity contribution in [3.8, 4) is 11.8 Å². The molecule has 0 aliphatic carbocycles. The van der Waals surface area contributed by atoms with Crippen molar-refractivity contribution in [2.24, 2.45) is 0 Å². The van der Waals surface area contributed by atoms with E-state index in [4.69, 9.17) is 21.1 Å². The minimum absolute atomic E-state index is 0.00573. The van der Waals surface area contributed by atoms with Crippen LogP contribution in [0.5, 0.6) is 11.8 Å². The summed E-state index contributed by atoms with van der Waals surface area (Å²) in [6.07, 6.45) is -3.43. The van der Waals surface area contributed by atoms with Gasteiger partial charge >= 0.3 is 18.2 Å². The number of carbonyl (C=O) groups excluding carboxylic acids is 1. The van der Waals surface area contributed by atoms with E-state index in [1.54, 1.807) is 12.1 Å². The van der Waals surface area contributed by atoms with Crippen LogP contribution in [0.3, 0.4) is 0 Å². The third-order valence-electron chi connectivity index (χ3n) is 3.58. The van der Waals surface area contributed by atoms with Gasteiger partial charge in [-0.25, -0.2) is 14.8 Å². The van der Waals surface area contributed by atoms with E-state index in [1.807, 2.05) is 0 Å². The van der Waals surface area contributed by atoms with Crippen LogP contribution in [-0.4, -0.2) is 22.1 Å². The van der Waals surface area contributed by atoms with E-state index in [1.165, 1.54) is 18.5 Å². The van der Waals surface area contributed by atoms with E-state index in [0.29, 0.717) is 10.6 Å². The molecule has 0 saturated heterocycles. The number of ether oxygens (including phenoxy) is 2. The standard InChI is InChI=1S/C16H12ClF3N2O3/c17-9-7-21-15(22-8-9)25-12-4-1-3-10-13(12)11(24-14(10)23)5-2-6-16(18,19)20/h1,3-4,7-8,11H,2,5-6H2/t11-/m0/s1. The monoisotopic (exact) mass is 372 g/mol. The average molecular weight is 373 g/mol. The lowest BCUT2D eigenvalue weighted by Gasteiger charge is -2.14. The fraction of sp³-hybridized carbons (Fsp3) is 0.312. The van der Waals surface area contributed by atoms with Gasteiger partial charge in [-0.3, -0.25) is 0 Å². The molecule has 25 heavy (non-hydrogen) atoms. The van der Waals surface area contributed by atoms with Gasteiger partial charge in [0.25, 0.3) is 0 Å². The second-order valence-corrected chi connectivity index (χ2v) is 5.84. The number of hydrogen-bond donors (Lipinski definition) is 0. The molecule has 0 unspecified atom stereocenters. The Morgan fingerprint density at radius 1 is 1.24 bits per heavy atom. The second-order valence-electron chi connectivity index (χ2n) is 5.40. The van der Waals surface area contributed by atoms with E-state index < -0.39 is 24.7 Å². The quantitative estimate of drug-likeness (QED) is 0.701. The first kappa shape index (κ1) is 17.5. The number of alkyl halides is 3. The molecule has 1 atom stereocenters. The van der Waals surface area contributed by atoms with Gasteiger partial charge < -0.3 is 9.47 Å². The topological polar surface area (TPSA) is 61.3 Å². The first-order valence-corrected chi connectivity index (χ1v) is 7.77. The number of hydrogen-bond acceptors (Lipinski definition) is 5. The number of benzene rings is 1. The zero-order valence-corrected chi connectivity index (χ0v) is 13.5. The van der Waals surface area contributed by atoms with E-state index in [-0.39, 0.29) is 30.2 Å². The van der Waals surface area contributed by atoms with Crippen LogP contribution in [0.4, 0.5) is 13.2 Å². The number of fused-ring (bicyclic) bond motifs is 1. The van der Waals surface area contributed by atoms with Crippen LogP contribution in [-0.2, 0) is 4.74 Å². The van der Waals surface area contributed by atoms with Crippen molar-refractivity contribution in [1.82, 2.24) is 9.97 Å². The fourth-order valence-electron chi connectivity index (χ4n) is 2.54. The zero-order chi connectivity index (χ0) is 18.0. The van der Waals surface area contributed by atoms with Crippen molar-refractivity contribution in [3.63, 3.8) is 0 Å². The van der Waals surface area contributed by atoms with Crippen LogP contribution in [0, 0.1) is 0 Å². The zero-order valence-electron chi connectivity index (χ0n) is 12.7. The second kappa shape index (κ2) is 6.87. The summed E-state index contributed by atoms with van der Waals surface area (Å²) in [7, 11) is 0. The van der Waals surface area contributed by atoms with Crippen molar-refractivity contribution < 1.29 is 27.4 Å². The Kier molecular flexibility index (Phi) is 4.80. The number of rotatable bonds is 5. The number of halogens is 4. The highest BCUT2D eigenvalue weighted by Gasteiger charge is 2.35. The Labute approximate surface area is 145 Å². The van der Waals surface area contributed by atoms with Gasteiger partial charge in [0, 0.05) is 12.0 Å². The number of aromatic nitrogens is 2. The number of carbonyl (C=O) groups is 1. The molecular formula is C16H12ClF3N2O3. The molecule has 0 saturated carbocycles. The molecule has 0 bridgehead atoms. The number of nitrogens with zero attached hydrogens (tertiary/aromatic N) is 2. The minimum Gasteiger partial charge on any atom is -0.454 e. The maximum atomic E-state index is 12.3. The summed E-state index contributed by atoms with van der Waals surface area (Å²) in [6.45, 7) is 0. The maximum absolute atomic E-state index is 12.3. The molecule has 0 radical (unpaired) electrons. The van der Waals surface area contributed by atoms with Crippen molar-refractivity contribution >= 4 is 17.6 Å². The molecule has 1 aliphatic heterocycles. The number of cyclic esters (lactones) is 1. The van der Waals surface area contributed by atoms with Gasteiger partial charge in [-0.15, -0.1) is 0 Å². The van der Waals surface area contributed by atoms with Crippen LogP contribution in [0.1, 0.15) is 41.3 Å². The largest absolute Gasteiger partial charge is 0.454 e. The van der Waals surface area contributed by atoms with E-state index >= 15 is 0 Å². The molecule has 1 aliphatic rings. The van der Waals surface area contributed by atoms with Crippen molar-refractivity contribution in [3.05, 3.63) is 46.7 Å². The molecule has 2 heterocycles. The SMILES string of the molecule is O=C1O[C@@H](CCCC(F)(F)F)c2c(Oc3ncc(Cl)cn3)cccc21. The molecule has 132 valence electrons. The minimum atomic E-state index is -4.25. The van der Waals surface area contributed by atoms with Gasteiger partial charge in [0.05, 0.1) is 23.0 Å². The summed E-state index contributed by atoms with van der Waals surface area (Å²) >= 11 is 5.71. The molecule has 9 heteroatoms. The maximum Gasteiger partial charge on any atom is 0.389 e. The molecule has 3 rings (SSSR count). The van der Waals surface area contributed by atoms with Gasteiger partial charge in [-0.1, -0.05) is 17.7 Å². The lowest BCUT2D eigenvalue weighted by atomic mass is 10.00. The van der Waals surface area contributed by atoms with Gasteiger partial charge in [0.1, 0.15) is 11.9 Å². The molecule has 2 aromatic rings. The molecule has 5 nitrogen and oxygen atoms in total. The highest BCUT2D eigenvalue weighted by molar-refractivity contribution is 6.30. The first-order valence-electron chi connectivity index (χ1n) is 7.39. The highest BCUT2D eigenvalue weighted by atomic mass is 35.5. The third kappa shape index (κ3) is 4.19. The smallest absolute Gasteiger partial charge is 0.389 e. The number of esters is 1. The van der Waals surface area contributed by atoms with E-state index in [9.17, 15) is 18.0 Å². The van der Waals surface area contributed by atoms with Gasteiger partial charge in [0.2, 0.25) is 0 Å². The van der Waals surface area contributed by atoms with Gasteiger partial charge in [-0.2, -0.15) is 13.2 Å². The Bertz CT molecular complexity index is 781. The van der Waals surface area contributed by atoms with Crippen molar-refractivity contribution in [1.29, 1.82) is 0 Å². The average Bonchev–Trinajstić information content (AvgIpc) is 2.86. The van der Waals surface area contributed by atoms with E-state index in [0.717, 1.165) is 0 Å². The molecule has 1 aromatic heterocycles. The summed E-state index contributed by atoms with van der Waals surface area (Å²) in [5, 5.41) is 0.328. The molecule has 0 fully saturated rings. The summed E-state index contributed by atoms with van der Waals surface area (Å²) in [5.41, 5.74) is 0.677. The van der Waals surface area contributed by atoms with Gasteiger partial charge in [-0.05, 0) is 25.0 Å². The summed E-state index contributed by atoms with van der Waals surface area (Å²) in [6, 6.07) is 4.71. The highest BCUT2D eigenvalue weighted by Crippen LogP contribution is 2.41. The van der Waals surface area contributed by atoms with Crippen LogP contribution in [0.2, 0.25) is 5.02 Å². The normalized spacial score (nSPS) is 16.5. The third-order valence-corrected chi connectivity index (χ3v) is 3.78. The van der Waals surface area contributed by atoms with Crippen LogP contribution < -0.4 is 4.74 Å². The predicted octanol–water partition coefficient (Wildman–Crippen LogP) is 4.87. The van der Waals surface area contributed by atoms with E-state index in [2.05, 4.69) is 9.97 Å². The fourth-order valence-corrected chi connectivity index (χ4v) is 2.63.